The molecule has 2 amide bonds. The number of benzene rings is 2. The van der Waals surface area contributed by atoms with Crippen LogP contribution in [0.4, 0.5) is 5.69 Å². The number of hydrogen-bond acceptors (Lipinski definition) is 3. The summed E-state index contributed by atoms with van der Waals surface area (Å²) in [6, 6.07) is 16.6. The van der Waals surface area contributed by atoms with Crippen molar-refractivity contribution in [2.45, 2.75) is 33.6 Å². The Kier molecular flexibility index (Phi) is 6.02. The third-order valence-corrected chi connectivity index (χ3v) is 5.28. The lowest BCUT2D eigenvalue weighted by molar-refractivity contribution is -0.147. The average Bonchev–Trinajstić information content (AvgIpc) is 2.70. The molecule has 1 aliphatic rings. The average molecular weight is 380 g/mol. The van der Waals surface area contributed by atoms with E-state index in [0.717, 1.165) is 12.8 Å². The van der Waals surface area contributed by atoms with Crippen molar-refractivity contribution < 1.29 is 14.3 Å². The standard InChI is InChI=1S/C23H28N2O3/c1-17-13-15-25(16-14-17)22(27)23(2,3)21(26)24-19-11-7-8-12-20(19)28-18-9-5-4-6-10-18/h4-12,17H,13-16H2,1-3H3,(H,24,26). The summed E-state index contributed by atoms with van der Waals surface area (Å²) in [6.45, 7) is 6.99. The van der Waals surface area contributed by atoms with E-state index in [-0.39, 0.29) is 11.8 Å². The van der Waals surface area contributed by atoms with Crippen molar-refractivity contribution in [2.24, 2.45) is 11.3 Å². The van der Waals surface area contributed by atoms with Crippen LogP contribution in [0.15, 0.2) is 54.6 Å². The van der Waals surface area contributed by atoms with Gasteiger partial charge >= 0.3 is 0 Å². The zero-order valence-corrected chi connectivity index (χ0v) is 16.8. The molecule has 2 aromatic rings. The lowest BCUT2D eigenvalue weighted by Crippen LogP contribution is -2.49. The molecule has 0 radical (unpaired) electrons. The number of carbonyl (C=O) groups excluding carboxylic acids is 2. The first-order valence-corrected chi connectivity index (χ1v) is 9.80. The summed E-state index contributed by atoms with van der Waals surface area (Å²) in [7, 11) is 0. The zero-order valence-electron chi connectivity index (χ0n) is 16.8. The van der Waals surface area contributed by atoms with Crippen molar-refractivity contribution in [1.29, 1.82) is 0 Å². The fourth-order valence-electron chi connectivity index (χ4n) is 3.26. The second-order valence-corrected chi connectivity index (χ2v) is 7.97. The van der Waals surface area contributed by atoms with Crippen LogP contribution in [0.1, 0.15) is 33.6 Å². The summed E-state index contributed by atoms with van der Waals surface area (Å²) >= 11 is 0. The predicted molar refractivity (Wildman–Crippen MR) is 110 cm³/mol. The summed E-state index contributed by atoms with van der Waals surface area (Å²) in [6.07, 6.45) is 1.97. The Balaban J connectivity index is 1.72. The third kappa shape index (κ3) is 4.53. The molecule has 0 atom stereocenters. The highest BCUT2D eigenvalue weighted by atomic mass is 16.5. The van der Waals surface area contributed by atoms with E-state index in [9.17, 15) is 9.59 Å². The molecule has 0 spiro atoms. The molecule has 0 aliphatic carbocycles. The smallest absolute Gasteiger partial charge is 0.239 e. The second kappa shape index (κ2) is 8.46. The highest BCUT2D eigenvalue weighted by Crippen LogP contribution is 2.31. The fourth-order valence-corrected chi connectivity index (χ4v) is 3.26. The van der Waals surface area contributed by atoms with Crippen LogP contribution in [0, 0.1) is 11.3 Å². The molecule has 28 heavy (non-hydrogen) atoms. The van der Waals surface area contributed by atoms with Crippen LogP contribution in [-0.2, 0) is 9.59 Å². The van der Waals surface area contributed by atoms with Crippen LogP contribution in [0.3, 0.4) is 0 Å². The van der Waals surface area contributed by atoms with Crippen LogP contribution >= 0.6 is 0 Å². The second-order valence-electron chi connectivity index (χ2n) is 7.97. The lowest BCUT2D eigenvalue weighted by Gasteiger charge is -2.35. The molecule has 1 N–H and O–H groups in total. The molecule has 1 heterocycles. The highest BCUT2D eigenvalue weighted by molar-refractivity contribution is 6.10. The minimum atomic E-state index is -1.15. The van der Waals surface area contributed by atoms with Crippen molar-refractivity contribution in [3.63, 3.8) is 0 Å². The number of piperidine rings is 1. The minimum Gasteiger partial charge on any atom is -0.455 e. The van der Waals surface area contributed by atoms with Gasteiger partial charge in [0.2, 0.25) is 11.8 Å². The first-order valence-electron chi connectivity index (χ1n) is 9.80. The largest absolute Gasteiger partial charge is 0.455 e. The Morgan fingerprint density at radius 2 is 1.61 bits per heavy atom. The Bertz CT molecular complexity index is 825. The fraction of sp³-hybridized carbons (Fsp3) is 0.391. The summed E-state index contributed by atoms with van der Waals surface area (Å²) in [5.41, 5.74) is -0.607. The normalized spacial score (nSPS) is 15.2. The molecule has 148 valence electrons. The van der Waals surface area contributed by atoms with E-state index in [1.165, 1.54) is 0 Å². The molecule has 0 saturated carbocycles. The van der Waals surface area contributed by atoms with Gasteiger partial charge in [-0.1, -0.05) is 37.3 Å². The van der Waals surface area contributed by atoms with Crippen LogP contribution in [-0.4, -0.2) is 29.8 Å². The quantitative estimate of drug-likeness (QED) is 0.765. The molecule has 0 bridgehead atoms. The summed E-state index contributed by atoms with van der Waals surface area (Å²) in [5, 5.41) is 2.89. The number of anilines is 1. The van der Waals surface area contributed by atoms with Gasteiger partial charge in [-0.25, -0.2) is 0 Å². The van der Waals surface area contributed by atoms with E-state index < -0.39 is 5.41 Å². The SMILES string of the molecule is CC1CCN(C(=O)C(C)(C)C(=O)Nc2ccccc2Oc2ccccc2)CC1. The predicted octanol–water partition coefficient (Wildman–Crippen LogP) is 4.70. The van der Waals surface area contributed by atoms with E-state index in [1.807, 2.05) is 47.4 Å². The summed E-state index contributed by atoms with van der Waals surface area (Å²) in [5.74, 6) is 1.39. The molecular weight excluding hydrogens is 352 g/mol. The number of nitrogens with zero attached hydrogens (tertiary/aromatic N) is 1. The molecule has 0 unspecified atom stereocenters. The minimum absolute atomic E-state index is 0.127. The van der Waals surface area contributed by atoms with Crippen molar-refractivity contribution in [3.05, 3.63) is 54.6 Å². The highest BCUT2D eigenvalue weighted by Gasteiger charge is 2.40. The number of amides is 2. The number of hydrogen-bond donors (Lipinski definition) is 1. The van der Waals surface area contributed by atoms with Gasteiger partial charge in [0.25, 0.3) is 0 Å². The monoisotopic (exact) mass is 380 g/mol. The number of rotatable bonds is 5. The Labute approximate surface area is 166 Å². The number of nitrogens with one attached hydrogen (secondary N) is 1. The molecule has 5 heteroatoms. The summed E-state index contributed by atoms with van der Waals surface area (Å²) < 4.78 is 5.90. The molecule has 1 saturated heterocycles. The Hall–Kier alpha value is -2.82. The number of carbonyl (C=O) groups is 2. The van der Waals surface area contributed by atoms with Gasteiger partial charge in [-0.3, -0.25) is 9.59 Å². The maximum atomic E-state index is 13.0. The molecule has 1 fully saturated rings. The van der Waals surface area contributed by atoms with E-state index in [1.54, 1.807) is 26.0 Å². The molecule has 0 aromatic heterocycles. The van der Waals surface area contributed by atoms with Gasteiger partial charge in [0.15, 0.2) is 5.75 Å². The third-order valence-electron chi connectivity index (χ3n) is 5.28. The Morgan fingerprint density at radius 1 is 1.00 bits per heavy atom. The number of para-hydroxylation sites is 3. The maximum Gasteiger partial charge on any atom is 0.239 e. The molecule has 1 aliphatic heterocycles. The van der Waals surface area contributed by atoms with Gasteiger partial charge in [0.05, 0.1) is 5.69 Å². The van der Waals surface area contributed by atoms with E-state index in [0.29, 0.717) is 36.2 Å². The first kappa shape index (κ1) is 19.9. The van der Waals surface area contributed by atoms with Crippen molar-refractivity contribution in [1.82, 2.24) is 4.90 Å². The van der Waals surface area contributed by atoms with E-state index >= 15 is 0 Å². The van der Waals surface area contributed by atoms with Crippen molar-refractivity contribution in [3.8, 4) is 11.5 Å². The van der Waals surface area contributed by atoms with Gasteiger partial charge in [-0.2, -0.15) is 0 Å². The van der Waals surface area contributed by atoms with E-state index in [2.05, 4.69) is 12.2 Å². The van der Waals surface area contributed by atoms with Gasteiger partial charge in [-0.15, -0.1) is 0 Å². The van der Waals surface area contributed by atoms with Gasteiger partial charge < -0.3 is 15.0 Å². The molecular formula is C23H28N2O3. The van der Waals surface area contributed by atoms with Crippen LogP contribution in [0.25, 0.3) is 0 Å². The maximum absolute atomic E-state index is 13.0. The number of ether oxygens (including phenoxy) is 1. The topological polar surface area (TPSA) is 58.6 Å². The van der Waals surface area contributed by atoms with Crippen LogP contribution in [0.2, 0.25) is 0 Å². The lowest BCUT2D eigenvalue weighted by atomic mass is 9.88. The molecule has 5 nitrogen and oxygen atoms in total. The van der Waals surface area contributed by atoms with Crippen molar-refractivity contribution >= 4 is 17.5 Å². The van der Waals surface area contributed by atoms with Gasteiger partial charge in [0.1, 0.15) is 11.2 Å². The number of likely N-dealkylation sites (tertiary alicyclic amines) is 1. The van der Waals surface area contributed by atoms with Crippen LogP contribution in [0.5, 0.6) is 11.5 Å². The van der Waals surface area contributed by atoms with Gasteiger partial charge in [-0.05, 0) is 56.9 Å². The molecule has 2 aromatic carbocycles. The van der Waals surface area contributed by atoms with Crippen LogP contribution < -0.4 is 10.1 Å². The summed E-state index contributed by atoms with van der Waals surface area (Å²) in [4.78, 5) is 27.8. The first-order chi connectivity index (χ1) is 13.4. The van der Waals surface area contributed by atoms with Gasteiger partial charge in [0, 0.05) is 13.1 Å². The molecule has 3 rings (SSSR count). The van der Waals surface area contributed by atoms with E-state index in [4.69, 9.17) is 4.74 Å². The zero-order chi connectivity index (χ0) is 20.1. The van der Waals surface area contributed by atoms with Crippen molar-refractivity contribution in [2.75, 3.05) is 18.4 Å². The Morgan fingerprint density at radius 3 is 2.29 bits per heavy atom.